The van der Waals surface area contributed by atoms with Crippen LogP contribution in [0.5, 0.6) is 0 Å². The first-order chi connectivity index (χ1) is 36.5. The summed E-state index contributed by atoms with van der Waals surface area (Å²) < 4.78 is 16.8. The Morgan fingerprint density at radius 1 is 0.284 bits per heavy atom. The van der Waals surface area contributed by atoms with Crippen molar-refractivity contribution in [1.29, 1.82) is 0 Å². The Hall–Kier alpha value is -3.67. The molecule has 6 nitrogen and oxygen atoms in total. The molecule has 0 fully saturated rings. The van der Waals surface area contributed by atoms with Crippen LogP contribution >= 0.6 is 0 Å². The van der Waals surface area contributed by atoms with Crippen molar-refractivity contribution < 1.29 is 28.6 Å². The fourth-order valence-corrected chi connectivity index (χ4v) is 8.65. The van der Waals surface area contributed by atoms with E-state index in [0.29, 0.717) is 19.3 Å². The minimum Gasteiger partial charge on any atom is -0.462 e. The van der Waals surface area contributed by atoms with Crippen LogP contribution in [0.2, 0.25) is 0 Å². The lowest BCUT2D eigenvalue weighted by Gasteiger charge is -2.18. The van der Waals surface area contributed by atoms with E-state index in [0.717, 1.165) is 109 Å². The van der Waals surface area contributed by atoms with Crippen molar-refractivity contribution in [3.8, 4) is 0 Å². The van der Waals surface area contributed by atoms with E-state index in [4.69, 9.17) is 14.2 Å². The average molecular weight is 1030 g/mol. The molecule has 0 spiro atoms. The van der Waals surface area contributed by atoms with Gasteiger partial charge in [0.25, 0.3) is 0 Å². The second kappa shape index (κ2) is 61.9. The predicted octanol–water partition coefficient (Wildman–Crippen LogP) is 21.3. The first kappa shape index (κ1) is 70.3. The summed E-state index contributed by atoms with van der Waals surface area (Å²) in [6.45, 7) is 6.50. The minimum atomic E-state index is -0.779. The predicted molar refractivity (Wildman–Crippen MR) is 320 cm³/mol. The molecule has 0 amide bonds. The lowest BCUT2D eigenvalue weighted by atomic mass is 10.1. The van der Waals surface area contributed by atoms with Crippen molar-refractivity contribution in [2.24, 2.45) is 0 Å². The molecule has 74 heavy (non-hydrogen) atoms. The molecule has 1 atom stereocenters. The van der Waals surface area contributed by atoms with Crippen molar-refractivity contribution in [2.75, 3.05) is 13.2 Å². The standard InChI is InChI=1S/C68H116O6/c1-4-7-10-13-16-19-21-23-25-27-28-29-30-31-32-33-34-35-36-37-38-39-40-42-43-45-47-49-52-55-58-61-67(70)73-64-65(63-72-66(69)60-57-54-51-18-15-12-9-6-3)74-68(71)62-59-56-53-50-48-46-44-41-26-24-22-20-17-14-11-8-5-2/h7,10,16,19,23-26,28-29,31-32,34-35,37-38,65H,4-6,8-9,11-15,17-18,20-22,27,30,33,36,39-64H2,1-3H3/b10-7-,19-16-,25-23-,26-24-,29-28-,32-31-,35-34-,38-37-. The average Bonchev–Trinajstić information content (AvgIpc) is 3.40. The van der Waals surface area contributed by atoms with E-state index in [2.05, 4.69) is 118 Å². The molecule has 0 aromatic rings. The maximum atomic E-state index is 12.8. The van der Waals surface area contributed by atoms with Crippen molar-refractivity contribution in [3.63, 3.8) is 0 Å². The Labute approximate surface area is 457 Å². The molecule has 0 aromatic heterocycles. The smallest absolute Gasteiger partial charge is 0.306 e. The number of ether oxygens (including phenoxy) is 3. The number of hydrogen-bond donors (Lipinski definition) is 0. The summed E-state index contributed by atoms with van der Waals surface area (Å²) in [5.74, 6) is -0.887. The number of carbonyl (C=O) groups is 3. The molecule has 0 aromatic carbocycles. The normalized spacial score (nSPS) is 12.7. The Morgan fingerprint density at radius 2 is 0.527 bits per heavy atom. The Morgan fingerprint density at radius 3 is 0.838 bits per heavy atom. The van der Waals surface area contributed by atoms with E-state index in [-0.39, 0.29) is 31.1 Å². The van der Waals surface area contributed by atoms with E-state index in [1.807, 2.05) is 0 Å². The maximum absolute atomic E-state index is 12.8. The molecule has 0 aliphatic heterocycles. The second-order valence-electron chi connectivity index (χ2n) is 20.6. The lowest BCUT2D eigenvalue weighted by Crippen LogP contribution is -2.30. The van der Waals surface area contributed by atoms with Gasteiger partial charge >= 0.3 is 17.9 Å². The summed E-state index contributed by atoms with van der Waals surface area (Å²) in [4.78, 5) is 38.1. The highest BCUT2D eigenvalue weighted by Crippen LogP contribution is 2.15. The lowest BCUT2D eigenvalue weighted by molar-refractivity contribution is -0.167. The van der Waals surface area contributed by atoms with E-state index in [1.54, 1.807) is 0 Å². The number of esters is 3. The van der Waals surface area contributed by atoms with E-state index in [9.17, 15) is 14.4 Å². The third kappa shape index (κ3) is 59.2. The van der Waals surface area contributed by atoms with Crippen LogP contribution in [0.15, 0.2) is 97.2 Å². The minimum absolute atomic E-state index is 0.0785. The molecular weight excluding hydrogens is 913 g/mol. The van der Waals surface area contributed by atoms with Crippen LogP contribution in [-0.2, 0) is 28.6 Å². The molecule has 0 rings (SSSR count). The topological polar surface area (TPSA) is 78.9 Å². The van der Waals surface area contributed by atoms with Gasteiger partial charge in [0.05, 0.1) is 0 Å². The third-order valence-electron chi connectivity index (χ3n) is 13.3. The van der Waals surface area contributed by atoms with Crippen molar-refractivity contribution in [2.45, 2.75) is 303 Å². The number of hydrogen-bond acceptors (Lipinski definition) is 6. The van der Waals surface area contributed by atoms with Gasteiger partial charge in [-0.3, -0.25) is 14.4 Å². The molecule has 0 saturated carbocycles. The first-order valence-corrected chi connectivity index (χ1v) is 31.2. The SMILES string of the molecule is CC/C=C\C/C=C\C/C=C\C/C=C\C/C=C\C/C=C\C/C=C\CCCCCCCCCCCC(=O)OCC(COC(=O)CCCCCCCCCC)OC(=O)CCCCCCCCC/C=C\CCCCCCCC. The van der Waals surface area contributed by atoms with Gasteiger partial charge in [-0.15, -0.1) is 0 Å². The molecule has 0 saturated heterocycles. The summed E-state index contributed by atoms with van der Waals surface area (Å²) in [6, 6.07) is 0. The Kier molecular flexibility index (Phi) is 58.8. The summed E-state index contributed by atoms with van der Waals surface area (Å²) in [6.07, 6.45) is 82.8. The number of allylic oxidation sites excluding steroid dienone is 16. The van der Waals surface area contributed by atoms with Gasteiger partial charge in [-0.25, -0.2) is 0 Å². The Bertz CT molecular complexity index is 1460. The van der Waals surface area contributed by atoms with Crippen molar-refractivity contribution >= 4 is 17.9 Å². The van der Waals surface area contributed by atoms with Crippen LogP contribution in [-0.4, -0.2) is 37.2 Å². The maximum Gasteiger partial charge on any atom is 0.306 e. The van der Waals surface area contributed by atoms with Crippen molar-refractivity contribution in [3.05, 3.63) is 97.2 Å². The molecule has 0 heterocycles. The van der Waals surface area contributed by atoms with E-state index < -0.39 is 6.10 Å². The summed E-state index contributed by atoms with van der Waals surface area (Å²) in [5, 5.41) is 0. The van der Waals surface area contributed by atoms with Gasteiger partial charge in [0.15, 0.2) is 6.10 Å². The first-order valence-electron chi connectivity index (χ1n) is 31.2. The molecule has 0 aliphatic carbocycles. The number of rotatable bonds is 56. The fraction of sp³-hybridized carbons (Fsp3) is 0.721. The van der Waals surface area contributed by atoms with Gasteiger partial charge in [0, 0.05) is 19.3 Å². The third-order valence-corrected chi connectivity index (χ3v) is 13.3. The highest BCUT2D eigenvalue weighted by molar-refractivity contribution is 5.71. The van der Waals surface area contributed by atoms with Gasteiger partial charge < -0.3 is 14.2 Å². The highest BCUT2D eigenvalue weighted by atomic mass is 16.6. The summed E-state index contributed by atoms with van der Waals surface area (Å²) >= 11 is 0. The van der Waals surface area contributed by atoms with Crippen LogP contribution in [0.3, 0.4) is 0 Å². The molecule has 1 unspecified atom stereocenters. The Balaban J connectivity index is 4.17. The van der Waals surface area contributed by atoms with Gasteiger partial charge in [-0.1, -0.05) is 272 Å². The molecule has 6 heteroatoms. The zero-order valence-corrected chi connectivity index (χ0v) is 48.6. The zero-order chi connectivity index (χ0) is 53.6. The van der Waals surface area contributed by atoms with E-state index in [1.165, 1.54) is 148 Å². The van der Waals surface area contributed by atoms with Gasteiger partial charge in [0.2, 0.25) is 0 Å². The van der Waals surface area contributed by atoms with Crippen LogP contribution in [0.4, 0.5) is 0 Å². The van der Waals surface area contributed by atoms with Crippen LogP contribution in [0.25, 0.3) is 0 Å². The van der Waals surface area contributed by atoms with Gasteiger partial charge in [-0.05, 0) is 103 Å². The summed E-state index contributed by atoms with van der Waals surface area (Å²) in [5.41, 5.74) is 0. The number of unbranched alkanes of at least 4 members (excludes halogenated alkanes) is 29. The molecular formula is C68H116O6. The number of carbonyl (C=O) groups excluding carboxylic acids is 3. The molecule has 424 valence electrons. The van der Waals surface area contributed by atoms with Gasteiger partial charge in [0.1, 0.15) is 13.2 Å². The second-order valence-corrected chi connectivity index (χ2v) is 20.6. The molecule has 0 aliphatic rings. The van der Waals surface area contributed by atoms with Crippen LogP contribution < -0.4 is 0 Å². The quantitative estimate of drug-likeness (QED) is 0.0261. The zero-order valence-electron chi connectivity index (χ0n) is 48.6. The van der Waals surface area contributed by atoms with Crippen molar-refractivity contribution in [1.82, 2.24) is 0 Å². The monoisotopic (exact) mass is 1030 g/mol. The molecule has 0 bridgehead atoms. The molecule has 0 radical (unpaired) electrons. The largest absolute Gasteiger partial charge is 0.462 e. The summed E-state index contributed by atoms with van der Waals surface area (Å²) in [7, 11) is 0. The van der Waals surface area contributed by atoms with Gasteiger partial charge in [-0.2, -0.15) is 0 Å². The highest BCUT2D eigenvalue weighted by Gasteiger charge is 2.19. The fourth-order valence-electron chi connectivity index (χ4n) is 8.65. The van der Waals surface area contributed by atoms with Crippen LogP contribution in [0.1, 0.15) is 297 Å². The van der Waals surface area contributed by atoms with E-state index >= 15 is 0 Å². The van der Waals surface area contributed by atoms with Crippen LogP contribution in [0, 0.1) is 0 Å². The molecule has 0 N–H and O–H groups in total.